The third-order valence-corrected chi connectivity index (χ3v) is 2.97. The van der Waals surface area contributed by atoms with Crippen LogP contribution in [0.15, 0.2) is 18.2 Å². The van der Waals surface area contributed by atoms with E-state index >= 15 is 0 Å². The first-order chi connectivity index (χ1) is 8.65. The van der Waals surface area contributed by atoms with Crippen LogP contribution in [0.5, 0.6) is 11.5 Å². The third kappa shape index (κ3) is 2.54. The Morgan fingerprint density at radius 3 is 2.89 bits per heavy atom. The second kappa shape index (κ2) is 4.96. The van der Waals surface area contributed by atoms with Gasteiger partial charge in [-0.25, -0.2) is 0 Å². The van der Waals surface area contributed by atoms with Crippen molar-refractivity contribution < 1.29 is 14.6 Å². The maximum absolute atomic E-state index is 12.0. The number of aromatic hydroxyl groups is 1. The molecule has 0 radical (unpaired) electrons. The van der Waals surface area contributed by atoms with Gasteiger partial charge in [0.2, 0.25) is 0 Å². The number of amides is 1. The fraction of sp³-hybridized carbons (Fsp3) is 0.385. The summed E-state index contributed by atoms with van der Waals surface area (Å²) in [6.07, 6.45) is 1.92. The monoisotopic (exact) mass is 246 g/mol. The van der Waals surface area contributed by atoms with Crippen molar-refractivity contribution in [1.29, 1.82) is 5.26 Å². The molecule has 0 spiro atoms. The summed E-state index contributed by atoms with van der Waals surface area (Å²) in [6, 6.07) is 5.99. The summed E-state index contributed by atoms with van der Waals surface area (Å²) in [7, 11) is 1.48. The number of phenols is 1. The van der Waals surface area contributed by atoms with E-state index in [-0.39, 0.29) is 17.2 Å². The number of carbonyl (C=O) groups excluding carboxylic acids is 1. The molecular weight excluding hydrogens is 232 g/mol. The lowest BCUT2D eigenvalue weighted by molar-refractivity contribution is 0.0939. The minimum atomic E-state index is -0.483. The van der Waals surface area contributed by atoms with Crippen LogP contribution in [0, 0.1) is 17.2 Å². The third-order valence-electron chi connectivity index (χ3n) is 2.97. The molecule has 1 fully saturated rings. The van der Waals surface area contributed by atoms with Crippen LogP contribution in [0.3, 0.4) is 0 Å². The minimum absolute atomic E-state index is 0.121. The van der Waals surface area contributed by atoms with Gasteiger partial charge in [-0.2, -0.15) is 5.26 Å². The highest BCUT2D eigenvalue weighted by Gasteiger charge is 2.32. The van der Waals surface area contributed by atoms with E-state index in [1.54, 1.807) is 6.07 Å². The number of phenolic OH excluding ortho intramolecular Hbond substituents is 1. The van der Waals surface area contributed by atoms with Crippen LogP contribution >= 0.6 is 0 Å². The molecule has 1 aliphatic carbocycles. The summed E-state index contributed by atoms with van der Waals surface area (Å²) in [5.74, 6) is 0.148. The summed E-state index contributed by atoms with van der Waals surface area (Å²) in [4.78, 5) is 12.0. The summed E-state index contributed by atoms with van der Waals surface area (Å²) >= 11 is 0. The van der Waals surface area contributed by atoms with Crippen molar-refractivity contribution >= 4 is 5.91 Å². The second-order valence-electron chi connectivity index (χ2n) is 4.30. The first kappa shape index (κ1) is 12.2. The molecule has 1 aliphatic rings. The van der Waals surface area contributed by atoms with Gasteiger partial charge in [0, 0.05) is 0 Å². The van der Waals surface area contributed by atoms with E-state index in [1.807, 2.05) is 0 Å². The van der Waals surface area contributed by atoms with Crippen molar-refractivity contribution in [3.63, 3.8) is 0 Å². The molecule has 0 aliphatic heterocycles. The number of rotatable bonds is 4. The Bertz CT molecular complexity index is 503. The zero-order valence-corrected chi connectivity index (χ0v) is 10.0. The molecule has 2 rings (SSSR count). The normalized spacial score (nSPS) is 15.6. The van der Waals surface area contributed by atoms with Gasteiger partial charge >= 0.3 is 0 Å². The number of nitrogens with zero attached hydrogens (tertiary/aromatic N) is 1. The highest BCUT2D eigenvalue weighted by atomic mass is 16.5. The second-order valence-corrected chi connectivity index (χ2v) is 4.30. The number of methoxy groups -OCH3 is 1. The molecule has 1 amide bonds. The number of benzene rings is 1. The number of nitrogens with one attached hydrogen (secondary N) is 1. The molecule has 1 saturated carbocycles. The maximum Gasteiger partial charge on any atom is 0.256 e. The van der Waals surface area contributed by atoms with Crippen LogP contribution in [0.2, 0.25) is 0 Å². The summed E-state index contributed by atoms with van der Waals surface area (Å²) in [5, 5.41) is 21.2. The van der Waals surface area contributed by atoms with E-state index in [9.17, 15) is 9.90 Å². The Labute approximate surface area is 105 Å². The van der Waals surface area contributed by atoms with E-state index in [0.29, 0.717) is 5.75 Å². The van der Waals surface area contributed by atoms with Gasteiger partial charge in [-0.05, 0) is 37.0 Å². The van der Waals surface area contributed by atoms with Crippen LogP contribution in [0.4, 0.5) is 0 Å². The molecule has 1 unspecified atom stereocenters. The zero-order chi connectivity index (χ0) is 13.1. The molecule has 1 atom stereocenters. The van der Waals surface area contributed by atoms with E-state index in [2.05, 4.69) is 11.4 Å². The zero-order valence-electron chi connectivity index (χ0n) is 10.0. The van der Waals surface area contributed by atoms with E-state index in [1.165, 1.54) is 19.2 Å². The standard InChI is InChI=1S/C13H14N2O3/c1-18-9-4-5-12(16)10(6-9)13(17)15-11(7-14)8-2-3-8/h4-6,8,11,16H,2-3H2,1H3,(H,15,17). The Morgan fingerprint density at radius 2 is 2.33 bits per heavy atom. The minimum Gasteiger partial charge on any atom is -0.507 e. The number of carbonyl (C=O) groups is 1. The average molecular weight is 246 g/mol. The number of hydrogen-bond acceptors (Lipinski definition) is 4. The van der Waals surface area contributed by atoms with Gasteiger partial charge < -0.3 is 15.2 Å². The Kier molecular flexibility index (Phi) is 3.38. The van der Waals surface area contributed by atoms with Crippen LogP contribution in [-0.4, -0.2) is 24.2 Å². The highest BCUT2D eigenvalue weighted by molar-refractivity contribution is 5.97. The molecule has 18 heavy (non-hydrogen) atoms. The van der Waals surface area contributed by atoms with Gasteiger partial charge in [-0.15, -0.1) is 0 Å². The van der Waals surface area contributed by atoms with Gasteiger partial charge in [-0.1, -0.05) is 0 Å². The van der Waals surface area contributed by atoms with Crippen molar-refractivity contribution in [1.82, 2.24) is 5.32 Å². The Hall–Kier alpha value is -2.22. The van der Waals surface area contributed by atoms with Crippen molar-refractivity contribution in [3.05, 3.63) is 23.8 Å². The first-order valence-electron chi connectivity index (χ1n) is 5.73. The highest BCUT2D eigenvalue weighted by Crippen LogP contribution is 2.32. The fourth-order valence-electron chi connectivity index (χ4n) is 1.73. The van der Waals surface area contributed by atoms with Crippen molar-refractivity contribution in [2.24, 2.45) is 5.92 Å². The lowest BCUT2D eigenvalue weighted by Crippen LogP contribution is -2.35. The molecule has 0 saturated heterocycles. The lowest BCUT2D eigenvalue weighted by atomic mass is 10.1. The van der Waals surface area contributed by atoms with Gasteiger partial charge in [0.1, 0.15) is 17.5 Å². The van der Waals surface area contributed by atoms with Crippen LogP contribution in [0.1, 0.15) is 23.2 Å². The number of nitriles is 1. The van der Waals surface area contributed by atoms with Gasteiger partial charge in [0.25, 0.3) is 5.91 Å². The molecule has 94 valence electrons. The molecule has 0 heterocycles. The predicted octanol–water partition coefficient (Wildman–Crippen LogP) is 1.43. The molecular formula is C13H14N2O3. The maximum atomic E-state index is 12.0. The molecule has 1 aromatic carbocycles. The molecule has 0 aromatic heterocycles. The molecule has 5 nitrogen and oxygen atoms in total. The smallest absolute Gasteiger partial charge is 0.256 e. The van der Waals surface area contributed by atoms with Crippen LogP contribution in [0.25, 0.3) is 0 Å². The van der Waals surface area contributed by atoms with E-state index in [4.69, 9.17) is 10.00 Å². The molecule has 5 heteroatoms. The number of ether oxygens (including phenoxy) is 1. The van der Waals surface area contributed by atoms with Gasteiger partial charge in [-0.3, -0.25) is 4.79 Å². The molecule has 0 bridgehead atoms. The Morgan fingerprint density at radius 1 is 1.61 bits per heavy atom. The van der Waals surface area contributed by atoms with Gasteiger partial charge in [0.05, 0.1) is 18.7 Å². The fourth-order valence-corrected chi connectivity index (χ4v) is 1.73. The summed E-state index contributed by atoms with van der Waals surface area (Å²) in [5.41, 5.74) is 0.121. The van der Waals surface area contributed by atoms with Crippen LogP contribution < -0.4 is 10.1 Å². The Balaban J connectivity index is 2.15. The predicted molar refractivity (Wildman–Crippen MR) is 64.3 cm³/mol. The van der Waals surface area contributed by atoms with Crippen LogP contribution in [-0.2, 0) is 0 Å². The average Bonchev–Trinajstić information content (AvgIpc) is 3.20. The largest absolute Gasteiger partial charge is 0.507 e. The van der Waals surface area contributed by atoms with E-state index < -0.39 is 11.9 Å². The first-order valence-corrected chi connectivity index (χ1v) is 5.73. The van der Waals surface area contributed by atoms with Crippen molar-refractivity contribution in [2.45, 2.75) is 18.9 Å². The van der Waals surface area contributed by atoms with Crippen molar-refractivity contribution in [3.8, 4) is 17.6 Å². The summed E-state index contributed by atoms with van der Waals surface area (Å²) in [6.45, 7) is 0. The summed E-state index contributed by atoms with van der Waals surface area (Å²) < 4.78 is 4.99. The molecule has 1 aromatic rings. The van der Waals surface area contributed by atoms with E-state index in [0.717, 1.165) is 12.8 Å². The number of hydrogen-bond donors (Lipinski definition) is 2. The molecule has 2 N–H and O–H groups in total. The lowest BCUT2D eigenvalue weighted by Gasteiger charge is -2.12. The SMILES string of the molecule is COc1ccc(O)c(C(=O)NC(C#N)C2CC2)c1. The quantitative estimate of drug-likeness (QED) is 0.842. The van der Waals surface area contributed by atoms with Gasteiger partial charge in [0.15, 0.2) is 0 Å². The topological polar surface area (TPSA) is 82.3 Å². The van der Waals surface area contributed by atoms with Crippen molar-refractivity contribution in [2.75, 3.05) is 7.11 Å².